The predicted octanol–water partition coefficient (Wildman–Crippen LogP) is 4.23. The molecule has 2 nitrogen and oxygen atoms in total. The number of benzene rings is 1. The zero-order valence-corrected chi connectivity index (χ0v) is 11.4. The molecule has 0 atom stereocenters. The molecule has 1 aromatic carbocycles. The molecule has 1 rings (SSSR count). The van der Waals surface area contributed by atoms with Gasteiger partial charge in [0.15, 0.2) is 5.78 Å². The number of Topliss-reactive ketones (excluding diaryl/α,β-unsaturated/α-hetero) is 1. The fourth-order valence-electron chi connectivity index (χ4n) is 1.49. The summed E-state index contributed by atoms with van der Waals surface area (Å²) in [6.45, 7) is 5.02. The molecule has 0 amide bonds. The summed E-state index contributed by atoms with van der Waals surface area (Å²) in [7, 11) is 0. The summed E-state index contributed by atoms with van der Waals surface area (Å²) in [5, 5.41) is 8.99. The van der Waals surface area contributed by atoms with Crippen LogP contribution < -0.4 is 0 Å². The molecule has 0 aliphatic rings. The first-order valence-corrected chi connectivity index (χ1v) is 5.89. The van der Waals surface area contributed by atoms with Crippen molar-refractivity contribution >= 4 is 11.9 Å². The van der Waals surface area contributed by atoms with Gasteiger partial charge in [0.2, 0.25) is 0 Å². The molecule has 20 heavy (non-hydrogen) atoms. The third kappa shape index (κ3) is 3.95. The van der Waals surface area contributed by atoms with Gasteiger partial charge in [0.1, 0.15) is 6.07 Å². The van der Waals surface area contributed by atoms with E-state index in [-0.39, 0.29) is 11.4 Å². The molecular formula is C15H14F3NO. The second-order valence-corrected chi connectivity index (χ2v) is 5.37. The summed E-state index contributed by atoms with van der Waals surface area (Å²) >= 11 is 0. The fourth-order valence-corrected chi connectivity index (χ4v) is 1.49. The van der Waals surface area contributed by atoms with Gasteiger partial charge in [-0.25, -0.2) is 0 Å². The Morgan fingerprint density at radius 1 is 1.15 bits per heavy atom. The second-order valence-electron chi connectivity index (χ2n) is 5.37. The van der Waals surface area contributed by atoms with Crippen molar-refractivity contribution < 1.29 is 18.0 Å². The lowest BCUT2D eigenvalue weighted by molar-refractivity contribution is -0.137. The van der Waals surface area contributed by atoms with Crippen molar-refractivity contribution in [2.45, 2.75) is 26.9 Å². The molecule has 0 radical (unpaired) electrons. The van der Waals surface area contributed by atoms with Crippen LogP contribution in [-0.2, 0) is 11.0 Å². The zero-order valence-electron chi connectivity index (χ0n) is 11.4. The molecule has 0 saturated heterocycles. The highest BCUT2D eigenvalue weighted by atomic mass is 19.4. The van der Waals surface area contributed by atoms with E-state index in [9.17, 15) is 18.0 Å². The maximum absolute atomic E-state index is 12.4. The van der Waals surface area contributed by atoms with E-state index >= 15 is 0 Å². The van der Waals surface area contributed by atoms with Crippen LogP contribution >= 0.6 is 0 Å². The third-order valence-electron chi connectivity index (χ3n) is 2.60. The van der Waals surface area contributed by atoms with Crippen molar-refractivity contribution in [3.8, 4) is 6.07 Å². The van der Waals surface area contributed by atoms with Gasteiger partial charge in [0, 0.05) is 5.41 Å². The van der Waals surface area contributed by atoms with Crippen molar-refractivity contribution in [1.82, 2.24) is 0 Å². The SMILES string of the molecule is CC(C)(C)C(=O)/C(C#N)=C/c1ccc(C(F)(F)F)cc1. The number of nitriles is 1. The van der Waals surface area contributed by atoms with Crippen molar-refractivity contribution in [1.29, 1.82) is 5.26 Å². The molecule has 0 N–H and O–H groups in total. The van der Waals surface area contributed by atoms with Crippen molar-refractivity contribution in [2.75, 3.05) is 0 Å². The number of hydrogen-bond acceptors (Lipinski definition) is 2. The van der Waals surface area contributed by atoms with E-state index in [2.05, 4.69) is 0 Å². The van der Waals surface area contributed by atoms with Crippen LogP contribution in [0.1, 0.15) is 31.9 Å². The number of nitrogens with zero attached hydrogens (tertiary/aromatic N) is 1. The molecule has 0 saturated carbocycles. The molecule has 0 bridgehead atoms. The van der Waals surface area contributed by atoms with Gasteiger partial charge in [-0.05, 0) is 23.8 Å². The van der Waals surface area contributed by atoms with Gasteiger partial charge in [-0.15, -0.1) is 0 Å². The Morgan fingerprint density at radius 2 is 1.65 bits per heavy atom. The molecule has 0 spiro atoms. The molecule has 0 heterocycles. The van der Waals surface area contributed by atoms with E-state index in [0.29, 0.717) is 5.56 Å². The van der Waals surface area contributed by atoms with Crippen LogP contribution in [0.25, 0.3) is 6.08 Å². The lowest BCUT2D eigenvalue weighted by Gasteiger charge is -2.15. The summed E-state index contributed by atoms with van der Waals surface area (Å²) < 4.78 is 37.2. The Bertz CT molecular complexity index is 569. The molecular weight excluding hydrogens is 267 g/mol. The first-order valence-electron chi connectivity index (χ1n) is 5.89. The Labute approximate surface area is 115 Å². The molecule has 0 aromatic heterocycles. The number of ketones is 1. The lowest BCUT2D eigenvalue weighted by Crippen LogP contribution is -2.21. The van der Waals surface area contributed by atoms with Crippen molar-refractivity contribution in [3.05, 3.63) is 41.0 Å². The van der Waals surface area contributed by atoms with Crippen molar-refractivity contribution in [2.24, 2.45) is 5.41 Å². The van der Waals surface area contributed by atoms with E-state index in [4.69, 9.17) is 5.26 Å². The van der Waals surface area contributed by atoms with Crippen LogP contribution in [0, 0.1) is 16.7 Å². The summed E-state index contributed by atoms with van der Waals surface area (Å²) in [6.07, 6.45) is -3.10. The smallest absolute Gasteiger partial charge is 0.293 e. The fraction of sp³-hybridized carbons (Fsp3) is 0.333. The Hall–Kier alpha value is -2.09. The quantitative estimate of drug-likeness (QED) is 0.601. The van der Waals surface area contributed by atoms with E-state index in [1.54, 1.807) is 26.8 Å². The van der Waals surface area contributed by atoms with Gasteiger partial charge in [-0.3, -0.25) is 4.79 Å². The monoisotopic (exact) mass is 281 g/mol. The lowest BCUT2D eigenvalue weighted by atomic mass is 9.86. The van der Waals surface area contributed by atoms with E-state index in [1.165, 1.54) is 18.2 Å². The second kappa shape index (κ2) is 5.49. The number of allylic oxidation sites excluding steroid dienone is 1. The predicted molar refractivity (Wildman–Crippen MR) is 69.5 cm³/mol. The molecule has 0 aliphatic carbocycles. The standard InChI is InChI=1S/C15H14F3NO/c1-14(2,3)13(20)11(9-19)8-10-4-6-12(7-5-10)15(16,17)18/h4-8H,1-3H3/b11-8+. The number of alkyl halides is 3. The Morgan fingerprint density at radius 3 is 2.00 bits per heavy atom. The average Bonchev–Trinajstić information content (AvgIpc) is 2.33. The minimum atomic E-state index is -4.40. The first kappa shape index (κ1) is 16.0. The maximum Gasteiger partial charge on any atom is 0.416 e. The topological polar surface area (TPSA) is 40.9 Å². The summed E-state index contributed by atoms with van der Waals surface area (Å²) in [4.78, 5) is 12.0. The number of halogens is 3. The Kier molecular flexibility index (Phi) is 4.39. The van der Waals surface area contributed by atoms with Gasteiger partial charge >= 0.3 is 6.18 Å². The zero-order chi connectivity index (χ0) is 15.6. The number of rotatable bonds is 2. The molecule has 1 aromatic rings. The normalized spacial score (nSPS) is 12.9. The van der Waals surface area contributed by atoms with Crippen LogP contribution in [0.3, 0.4) is 0 Å². The van der Waals surface area contributed by atoms with Gasteiger partial charge in [-0.1, -0.05) is 32.9 Å². The van der Waals surface area contributed by atoms with Crippen LogP contribution in [0.2, 0.25) is 0 Å². The van der Waals surface area contributed by atoms with Crippen LogP contribution in [0.4, 0.5) is 13.2 Å². The summed E-state index contributed by atoms with van der Waals surface area (Å²) in [5.74, 6) is -0.347. The van der Waals surface area contributed by atoms with E-state index in [0.717, 1.165) is 12.1 Å². The molecule has 106 valence electrons. The van der Waals surface area contributed by atoms with Gasteiger partial charge in [0.25, 0.3) is 0 Å². The van der Waals surface area contributed by atoms with E-state index < -0.39 is 17.2 Å². The first-order chi connectivity index (χ1) is 9.05. The van der Waals surface area contributed by atoms with E-state index in [1.807, 2.05) is 0 Å². The number of carbonyl (C=O) groups excluding carboxylic acids is 1. The summed E-state index contributed by atoms with van der Waals surface area (Å²) in [6, 6.07) is 6.09. The highest BCUT2D eigenvalue weighted by Crippen LogP contribution is 2.29. The molecule has 5 heteroatoms. The van der Waals surface area contributed by atoms with Gasteiger partial charge in [-0.2, -0.15) is 18.4 Å². The number of carbonyl (C=O) groups is 1. The minimum Gasteiger partial charge on any atom is -0.293 e. The largest absolute Gasteiger partial charge is 0.416 e. The third-order valence-corrected chi connectivity index (χ3v) is 2.60. The summed E-state index contributed by atoms with van der Waals surface area (Å²) in [5.41, 5.74) is -1.17. The number of hydrogen-bond donors (Lipinski definition) is 0. The van der Waals surface area contributed by atoms with Crippen LogP contribution in [0.15, 0.2) is 29.8 Å². The molecule has 0 aliphatic heterocycles. The van der Waals surface area contributed by atoms with Crippen molar-refractivity contribution in [3.63, 3.8) is 0 Å². The maximum atomic E-state index is 12.4. The van der Waals surface area contributed by atoms with Gasteiger partial charge in [0.05, 0.1) is 11.1 Å². The minimum absolute atomic E-state index is 0.0720. The van der Waals surface area contributed by atoms with Crippen LogP contribution in [0.5, 0.6) is 0 Å². The van der Waals surface area contributed by atoms with Gasteiger partial charge < -0.3 is 0 Å². The average molecular weight is 281 g/mol. The highest BCUT2D eigenvalue weighted by molar-refractivity contribution is 6.06. The Balaban J connectivity index is 3.10. The van der Waals surface area contributed by atoms with Crippen LogP contribution in [-0.4, -0.2) is 5.78 Å². The molecule has 0 fully saturated rings. The highest BCUT2D eigenvalue weighted by Gasteiger charge is 2.30. The molecule has 0 unspecified atom stereocenters.